The van der Waals surface area contributed by atoms with E-state index in [0.29, 0.717) is 35.9 Å². The molecule has 0 radical (unpaired) electrons. The van der Waals surface area contributed by atoms with E-state index < -0.39 is 0 Å². The fourth-order valence-electron chi connectivity index (χ4n) is 7.13. The zero-order valence-corrected chi connectivity index (χ0v) is 13.9. The lowest BCUT2D eigenvalue weighted by atomic mass is 9.44. The van der Waals surface area contributed by atoms with Gasteiger partial charge in [-0.05, 0) is 74.0 Å². The van der Waals surface area contributed by atoms with E-state index in [-0.39, 0.29) is 23.0 Å². The topological polar surface area (TPSA) is 57.5 Å². The van der Waals surface area contributed by atoms with Crippen LogP contribution in [0.3, 0.4) is 0 Å². The zero-order chi connectivity index (χ0) is 15.7. The molecule has 0 aromatic rings. The second-order valence-electron chi connectivity index (χ2n) is 9.16. The summed E-state index contributed by atoms with van der Waals surface area (Å²) in [6, 6.07) is 0. The summed E-state index contributed by atoms with van der Waals surface area (Å²) >= 11 is 0. The van der Waals surface area contributed by atoms with Gasteiger partial charge in [0.2, 0.25) is 0 Å². The average molecular weight is 306 g/mol. The molecule has 0 saturated heterocycles. The third-order valence-corrected chi connectivity index (χ3v) is 8.28. The van der Waals surface area contributed by atoms with E-state index in [9.17, 15) is 15.0 Å². The smallest absolute Gasteiger partial charge is 0.139 e. The van der Waals surface area contributed by atoms with Crippen molar-refractivity contribution in [1.29, 1.82) is 0 Å². The van der Waals surface area contributed by atoms with Gasteiger partial charge in [-0.25, -0.2) is 0 Å². The first-order chi connectivity index (χ1) is 10.4. The first-order valence-electron chi connectivity index (χ1n) is 9.25. The molecule has 22 heavy (non-hydrogen) atoms. The number of rotatable bonds is 0. The molecule has 0 amide bonds. The first-order valence-corrected chi connectivity index (χ1v) is 9.25. The predicted octanol–water partition coefficient (Wildman–Crippen LogP) is 2.93. The Morgan fingerprint density at radius 3 is 2.64 bits per heavy atom. The van der Waals surface area contributed by atoms with Crippen LogP contribution in [-0.2, 0) is 4.79 Å². The molecule has 8 atom stereocenters. The lowest BCUT2D eigenvalue weighted by Gasteiger charge is -2.61. The number of aliphatic hydroxyl groups excluding tert-OH is 2. The predicted molar refractivity (Wildman–Crippen MR) is 84.1 cm³/mol. The van der Waals surface area contributed by atoms with E-state index in [0.717, 1.165) is 38.5 Å². The number of ketones is 1. The van der Waals surface area contributed by atoms with Gasteiger partial charge in [0, 0.05) is 11.8 Å². The quantitative estimate of drug-likeness (QED) is 0.723. The molecule has 4 aliphatic rings. The summed E-state index contributed by atoms with van der Waals surface area (Å²) in [6.07, 6.45) is 7.08. The minimum atomic E-state index is -0.337. The minimum absolute atomic E-state index is 0.145. The SMILES string of the molecule is C[C@]12CC[C@@H](O)C[C@@H]1CC[C@@H]1[C@H]2[C@H](O)C[C@]2(C)C(=O)CC[C@H]12. The Kier molecular flexibility index (Phi) is 3.30. The molecule has 3 nitrogen and oxygen atoms in total. The van der Waals surface area contributed by atoms with Crippen molar-refractivity contribution in [3.05, 3.63) is 0 Å². The third kappa shape index (κ3) is 1.84. The van der Waals surface area contributed by atoms with Crippen LogP contribution >= 0.6 is 0 Å². The summed E-state index contributed by atoms with van der Waals surface area (Å²) in [6.45, 7) is 4.48. The molecule has 4 aliphatic carbocycles. The van der Waals surface area contributed by atoms with Crippen LogP contribution in [0.4, 0.5) is 0 Å². The van der Waals surface area contributed by atoms with Gasteiger partial charge in [-0.15, -0.1) is 0 Å². The van der Waals surface area contributed by atoms with E-state index in [1.165, 1.54) is 6.42 Å². The van der Waals surface area contributed by atoms with Crippen molar-refractivity contribution < 1.29 is 15.0 Å². The van der Waals surface area contributed by atoms with Crippen LogP contribution in [0.2, 0.25) is 0 Å². The molecule has 0 bridgehead atoms. The number of fused-ring (bicyclic) bond motifs is 5. The fraction of sp³-hybridized carbons (Fsp3) is 0.947. The number of aliphatic hydroxyl groups is 2. The lowest BCUT2D eigenvalue weighted by Crippen LogP contribution is -2.59. The molecule has 4 saturated carbocycles. The summed E-state index contributed by atoms with van der Waals surface area (Å²) in [5.41, 5.74) is -0.105. The largest absolute Gasteiger partial charge is 0.393 e. The molecule has 0 heterocycles. The van der Waals surface area contributed by atoms with E-state index in [1.54, 1.807) is 0 Å². The van der Waals surface area contributed by atoms with Gasteiger partial charge in [-0.2, -0.15) is 0 Å². The summed E-state index contributed by atoms with van der Waals surface area (Å²) in [5.74, 6) is 2.27. The van der Waals surface area contributed by atoms with Gasteiger partial charge < -0.3 is 10.2 Å². The highest BCUT2D eigenvalue weighted by molar-refractivity contribution is 5.87. The highest BCUT2D eigenvalue weighted by Crippen LogP contribution is 2.65. The van der Waals surface area contributed by atoms with Crippen LogP contribution in [0.1, 0.15) is 65.2 Å². The van der Waals surface area contributed by atoms with Crippen molar-refractivity contribution in [1.82, 2.24) is 0 Å². The monoisotopic (exact) mass is 306 g/mol. The second kappa shape index (κ2) is 4.80. The number of Topliss-reactive ketones (excluding diaryl/α,β-unsaturated/α-hetero) is 1. The molecule has 0 aromatic heterocycles. The van der Waals surface area contributed by atoms with E-state index >= 15 is 0 Å². The van der Waals surface area contributed by atoms with Gasteiger partial charge in [0.25, 0.3) is 0 Å². The van der Waals surface area contributed by atoms with Gasteiger partial charge in [0.05, 0.1) is 12.2 Å². The Balaban J connectivity index is 1.69. The molecule has 3 heteroatoms. The van der Waals surface area contributed by atoms with Gasteiger partial charge in [-0.3, -0.25) is 4.79 Å². The summed E-state index contributed by atoms with van der Waals surface area (Å²) < 4.78 is 0. The molecule has 0 aliphatic heterocycles. The highest BCUT2D eigenvalue weighted by Gasteiger charge is 2.63. The Hall–Kier alpha value is -0.410. The van der Waals surface area contributed by atoms with Crippen LogP contribution in [0.15, 0.2) is 0 Å². The molecule has 4 rings (SSSR count). The molecule has 2 N–H and O–H groups in total. The molecule has 0 aromatic carbocycles. The Labute approximate surface area is 133 Å². The van der Waals surface area contributed by atoms with Crippen LogP contribution in [0, 0.1) is 34.5 Å². The molecule has 4 fully saturated rings. The van der Waals surface area contributed by atoms with Crippen LogP contribution < -0.4 is 0 Å². The zero-order valence-electron chi connectivity index (χ0n) is 13.9. The van der Waals surface area contributed by atoms with E-state index in [4.69, 9.17) is 0 Å². The van der Waals surface area contributed by atoms with Crippen LogP contribution in [0.5, 0.6) is 0 Å². The summed E-state index contributed by atoms with van der Waals surface area (Å²) in [7, 11) is 0. The Bertz CT molecular complexity index is 489. The van der Waals surface area contributed by atoms with Gasteiger partial charge in [0.1, 0.15) is 5.78 Å². The van der Waals surface area contributed by atoms with Crippen molar-refractivity contribution in [2.45, 2.75) is 77.4 Å². The van der Waals surface area contributed by atoms with Crippen LogP contribution in [0.25, 0.3) is 0 Å². The van der Waals surface area contributed by atoms with Crippen LogP contribution in [-0.4, -0.2) is 28.2 Å². The number of carbonyl (C=O) groups is 1. The minimum Gasteiger partial charge on any atom is -0.393 e. The molecular weight excluding hydrogens is 276 g/mol. The van der Waals surface area contributed by atoms with Gasteiger partial charge in [0.15, 0.2) is 0 Å². The molecule has 0 spiro atoms. The standard InChI is InChI=1S/C19H30O3/c1-18-8-7-12(20)9-11(18)3-4-13-14-5-6-16(22)19(14,2)10-15(21)17(13)18/h11-15,17,20-21H,3-10H2,1-2H3/t11-,12+,13-,14+,15+,17-,18-,19-/m0/s1. The van der Waals surface area contributed by atoms with Crippen molar-refractivity contribution in [2.75, 3.05) is 0 Å². The maximum Gasteiger partial charge on any atom is 0.139 e. The lowest BCUT2D eigenvalue weighted by molar-refractivity contribution is -0.175. The first kappa shape index (κ1) is 15.1. The fourth-order valence-corrected chi connectivity index (χ4v) is 7.13. The molecule has 124 valence electrons. The second-order valence-corrected chi connectivity index (χ2v) is 9.16. The third-order valence-electron chi connectivity index (χ3n) is 8.28. The number of hydrogen-bond acceptors (Lipinski definition) is 3. The maximum atomic E-state index is 12.4. The Morgan fingerprint density at radius 1 is 1.09 bits per heavy atom. The highest BCUT2D eigenvalue weighted by atomic mass is 16.3. The van der Waals surface area contributed by atoms with Crippen molar-refractivity contribution in [3.63, 3.8) is 0 Å². The number of hydrogen-bond donors (Lipinski definition) is 2. The van der Waals surface area contributed by atoms with Crippen molar-refractivity contribution >= 4 is 5.78 Å². The summed E-state index contributed by atoms with van der Waals surface area (Å²) in [5, 5.41) is 21.0. The number of carbonyl (C=O) groups excluding carboxylic acids is 1. The van der Waals surface area contributed by atoms with Crippen molar-refractivity contribution in [3.8, 4) is 0 Å². The van der Waals surface area contributed by atoms with Crippen molar-refractivity contribution in [2.24, 2.45) is 34.5 Å². The van der Waals surface area contributed by atoms with Gasteiger partial charge >= 0.3 is 0 Å². The van der Waals surface area contributed by atoms with Gasteiger partial charge in [-0.1, -0.05) is 13.8 Å². The molecule has 0 unspecified atom stereocenters. The average Bonchev–Trinajstić information content (AvgIpc) is 2.75. The normalized spacial score (nSPS) is 57.9. The maximum absolute atomic E-state index is 12.4. The summed E-state index contributed by atoms with van der Waals surface area (Å²) in [4.78, 5) is 12.4. The van der Waals surface area contributed by atoms with E-state index in [2.05, 4.69) is 13.8 Å². The van der Waals surface area contributed by atoms with E-state index in [1.807, 2.05) is 0 Å². The Morgan fingerprint density at radius 2 is 1.86 bits per heavy atom. The molecular formula is C19H30O3.